The Kier molecular flexibility index (Phi) is 3.73. The SMILES string of the molecule is CN1CCC(F)(C(CC#N)n2cc(-c3ncnc4[nH]ccc34)cn2)C1. The first-order valence-electron chi connectivity index (χ1n) is 8.18. The number of likely N-dealkylation sites (tertiary alicyclic amines) is 1. The molecule has 4 rings (SSSR count). The Morgan fingerprint density at radius 1 is 1.48 bits per heavy atom. The van der Waals surface area contributed by atoms with E-state index in [0.717, 1.165) is 22.3 Å². The third kappa shape index (κ3) is 2.66. The molecule has 1 aliphatic heterocycles. The van der Waals surface area contributed by atoms with Gasteiger partial charge >= 0.3 is 0 Å². The highest BCUT2D eigenvalue weighted by molar-refractivity contribution is 5.89. The standard InChI is InChI=1S/C17H18FN7/c1-24-7-4-17(18,10-24)14(2-5-19)25-9-12(8-23-25)15-13-3-6-20-16(13)22-11-21-15/h3,6,8-9,11,14H,2,4,7,10H2,1H3,(H,20,21,22). The van der Waals surface area contributed by atoms with Gasteiger partial charge in [-0.1, -0.05) is 0 Å². The summed E-state index contributed by atoms with van der Waals surface area (Å²) >= 11 is 0. The molecular formula is C17H18FN7. The number of hydrogen-bond acceptors (Lipinski definition) is 5. The molecule has 25 heavy (non-hydrogen) atoms. The van der Waals surface area contributed by atoms with Gasteiger partial charge < -0.3 is 9.88 Å². The van der Waals surface area contributed by atoms with E-state index in [4.69, 9.17) is 0 Å². The normalized spacial score (nSPS) is 22.3. The van der Waals surface area contributed by atoms with Crippen molar-refractivity contribution in [2.75, 3.05) is 20.1 Å². The fraction of sp³-hybridized carbons (Fsp3) is 0.412. The minimum Gasteiger partial charge on any atom is -0.346 e. The molecule has 0 bridgehead atoms. The molecule has 3 aromatic heterocycles. The van der Waals surface area contributed by atoms with Crippen LogP contribution < -0.4 is 0 Å². The number of halogens is 1. The van der Waals surface area contributed by atoms with Gasteiger partial charge in [0.1, 0.15) is 23.7 Å². The lowest BCUT2D eigenvalue weighted by Crippen LogP contribution is -2.37. The summed E-state index contributed by atoms with van der Waals surface area (Å²) in [6.45, 7) is 0.993. The van der Waals surface area contributed by atoms with Crippen molar-refractivity contribution < 1.29 is 4.39 Å². The fourth-order valence-corrected chi connectivity index (χ4v) is 3.59. The molecule has 1 aliphatic rings. The Hall–Kier alpha value is -2.79. The van der Waals surface area contributed by atoms with Crippen LogP contribution in [0.4, 0.5) is 4.39 Å². The predicted octanol–water partition coefficient (Wildman–Crippen LogP) is 2.32. The Morgan fingerprint density at radius 3 is 3.12 bits per heavy atom. The summed E-state index contributed by atoms with van der Waals surface area (Å²) in [5.74, 6) is 0. The molecule has 8 heteroatoms. The number of hydrogen-bond donors (Lipinski definition) is 1. The number of nitrogens with zero attached hydrogens (tertiary/aromatic N) is 6. The number of H-pyrrole nitrogens is 1. The minimum absolute atomic E-state index is 0.0782. The third-order valence-electron chi connectivity index (χ3n) is 4.87. The van der Waals surface area contributed by atoms with E-state index in [-0.39, 0.29) is 6.42 Å². The number of fused-ring (bicyclic) bond motifs is 1. The van der Waals surface area contributed by atoms with E-state index in [0.29, 0.717) is 19.5 Å². The molecule has 1 N–H and O–H groups in total. The molecule has 0 amide bonds. The van der Waals surface area contributed by atoms with Gasteiger partial charge in [0, 0.05) is 36.4 Å². The van der Waals surface area contributed by atoms with Gasteiger partial charge in [0.05, 0.1) is 24.4 Å². The summed E-state index contributed by atoms with van der Waals surface area (Å²) in [7, 11) is 1.89. The predicted molar refractivity (Wildman–Crippen MR) is 90.3 cm³/mol. The summed E-state index contributed by atoms with van der Waals surface area (Å²) in [4.78, 5) is 13.5. The molecule has 0 radical (unpaired) electrons. The van der Waals surface area contributed by atoms with Gasteiger partial charge in [-0.25, -0.2) is 14.4 Å². The highest BCUT2D eigenvalue weighted by atomic mass is 19.1. The maximum atomic E-state index is 15.4. The number of rotatable bonds is 4. The molecule has 3 aromatic rings. The van der Waals surface area contributed by atoms with Crippen molar-refractivity contribution >= 4 is 11.0 Å². The Bertz CT molecular complexity index is 940. The Labute approximate surface area is 144 Å². The highest BCUT2D eigenvalue weighted by Crippen LogP contribution is 2.38. The molecule has 1 saturated heterocycles. The van der Waals surface area contributed by atoms with Crippen LogP contribution in [0.15, 0.2) is 31.0 Å². The number of nitrogens with one attached hydrogen (secondary N) is 1. The van der Waals surface area contributed by atoms with Crippen LogP contribution in [-0.2, 0) is 0 Å². The van der Waals surface area contributed by atoms with Crippen molar-refractivity contribution in [3.8, 4) is 17.3 Å². The molecule has 2 unspecified atom stereocenters. The third-order valence-corrected chi connectivity index (χ3v) is 4.87. The Balaban J connectivity index is 1.72. The first kappa shape index (κ1) is 15.7. The van der Waals surface area contributed by atoms with E-state index in [1.54, 1.807) is 23.3 Å². The summed E-state index contributed by atoms with van der Waals surface area (Å²) in [5.41, 5.74) is 0.809. The summed E-state index contributed by atoms with van der Waals surface area (Å²) < 4.78 is 17.0. The van der Waals surface area contributed by atoms with Crippen molar-refractivity contribution in [1.82, 2.24) is 29.6 Å². The molecule has 7 nitrogen and oxygen atoms in total. The van der Waals surface area contributed by atoms with Gasteiger partial charge in [0.15, 0.2) is 0 Å². The smallest absolute Gasteiger partial charge is 0.148 e. The van der Waals surface area contributed by atoms with Crippen LogP contribution in [0.25, 0.3) is 22.3 Å². The van der Waals surface area contributed by atoms with E-state index in [2.05, 4.69) is 26.1 Å². The molecule has 0 spiro atoms. The van der Waals surface area contributed by atoms with E-state index in [9.17, 15) is 5.26 Å². The second-order valence-electron chi connectivity index (χ2n) is 6.57. The van der Waals surface area contributed by atoms with Gasteiger partial charge in [-0.2, -0.15) is 10.4 Å². The minimum atomic E-state index is -1.46. The van der Waals surface area contributed by atoms with Crippen molar-refractivity contribution in [3.05, 3.63) is 31.0 Å². The molecular weight excluding hydrogens is 321 g/mol. The molecule has 1 fully saturated rings. The molecule has 2 atom stereocenters. The van der Waals surface area contributed by atoms with E-state index >= 15 is 4.39 Å². The lowest BCUT2D eigenvalue weighted by Gasteiger charge is -2.28. The average molecular weight is 339 g/mol. The van der Waals surface area contributed by atoms with Crippen LogP contribution in [0.3, 0.4) is 0 Å². The van der Waals surface area contributed by atoms with E-state index in [1.165, 1.54) is 6.33 Å². The van der Waals surface area contributed by atoms with Crippen LogP contribution >= 0.6 is 0 Å². The first-order valence-corrected chi connectivity index (χ1v) is 8.18. The van der Waals surface area contributed by atoms with Gasteiger partial charge in [-0.05, 0) is 19.5 Å². The van der Waals surface area contributed by atoms with Crippen LogP contribution in [0.5, 0.6) is 0 Å². The molecule has 0 aromatic carbocycles. The van der Waals surface area contributed by atoms with Gasteiger partial charge in [0.25, 0.3) is 0 Å². The zero-order chi connectivity index (χ0) is 17.4. The second kappa shape index (κ2) is 5.93. The molecule has 0 aliphatic carbocycles. The summed E-state index contributed by atoms with van der Waals surface area (Å²) in [6.07, 6.45) is 7.21. The van der Waals surface area contributed by atoms with Gasteiger partial charge in [-0.15, -0.1) is 0 Å². The largest absolute Gasteiger partial charge is 0.346 e. The Morgan fingerprint density at radius 2 is 2.36 bits per heavy atom. The highest BCUT2D eigenvalue weighted by Gasteiger charge is 2.45. The lowest BCUT2D eigenvalue weighted by atomic mass is 9.93. The topological polar surface area (TPSA) is 86.4 Å². The van der Waals surface area contributed by atoms with Crippen LogP contribution in [-0.4, -0.2) is 55.4 Å². The van der Waals surface area contributed by atoms with E-state index < -0.39 is 11.7 Å². The fourth-order valence-electron chi connectivity index (χ4n) is 3.59. The number of aromatic nitrogens is 5. The quantitative estimate of drug-likeness (QED) is 0.788. The molecule has 4 heterocycles. The van der Waals surface area contributed by atoms with E-state index in [1.807, 2.05) is 18.0 Å². The van der Waals surface area contributed by atoms with Crippen molar-refractivity contribution in [2.24, 2.45) is 0 Å². The average Bonchev–Trinajstić information content (AvgIpc) is 3.32. The van der Waals surface area contributed by atoms with Gasteiger partial charge in [-0.3, -0.25) is 4.68 Å². The second-order valence-corrected chi connectivity index (χ2v) is 6.57. The van der Waals surface area contributed by atoms with Crippen molar-refractivity contribution in [2.45, 2.75) is 24.6 Å². The first-order chi connectivity index (χ1) is 12.1. The van der Waals surface area contributed by atoms with Crippen LogP contribution in [0, 0.1) is 11.3 Å². The number of alkyl halides is 1. The van der Waals surface area contributed by atoms with Gasteiger partial charge in [0.2, 0.25) is 0 Å². The number of aromatic amines is 1. The lowest BCUT2D eigenvalue weighted by molar-refractivity contribution is 0.0918. The number of nitriles is 1. The monoisotopic (exact) mass is 339 g/mol. The van der Waals surface area contributed by atoms with Crippen LogP contribution in [0.2, 0.25) is 0 Å². The maximum absolute atomic E-state index is 15.4. The summed E-state index contributed by atoms with van der Waals surface area (Å²) in [5, 5.41) is 14.4. The zero-order valence-corrected chi connectivity index (χ0v) is 13.9. The zero-order valence-electron chi connectivity index (χ0n) is 13.9. The van der Waals surface area contributed by atoms with Crippen molar-refractivity contribution in [3.63, 3.8) is 0 Å². The van der Waals surface area contributed by atoms with Crippen LogP contribution in [0.1, 0.15) is 18.9 Å². The maximum Gasteiger partial charge on any atom is 0.148 e. The molecule has 0 saturated carbocycles. The molecule has 128 valence electrons. The summed E-state index contributed by atoms with van der Waals surface area (Å²) in [6, 6.07) is 3.40. The van der Waals surface area contributed by atoms with Crippen molar-refractivity contribution in [1.29, 1.82) is 5.26 Å².